The summed E-state index contributed by atoms with van der Waals surface area (Å²) in [5, 5.41) is 0. The number of halogens is 1. The van der Waals surface area contributed by atoms with E-state index in [4.69, 9.17) is 0 Å². The van der Waals surface area contributed by atoms with Gasteiger partial charge in [-0.2, -0.15) is 0 Å². The van der Waals surface area contributed by atoms with Gasteiger partial charge in [0, 0.05) is 0 Å². The second kappa shape index (κ2) is 4.24. The zero-order valence-electron chi connectivity index (χ0n) is 8.32. The Morgan fingerprint density at radius 1 is 1.25 bits per heavy atom. The predicted octanol–water partition coefficient (Wildman–Crippen LogP) is 4.02. The third-order valence-electron chi connectivity index (χ3n) is 1.68. The summed E-state index contributed by atoms with van der Waals surface area (Å²) in [6.07, 6.45) is 4.58. The van der Waals surface area contributed by atoms with Crippen molar-refractivity contribution in [1.82, 2.24) is 0 Å². The van der Waals surface area contributed by atoms with Crippen molar-refractivity contribution in [3.8, 4) is 0 Å². The molecule has 0 atom stereocenters. The summed E-state index contributed by atoms with van der Waals surface area (Å²) in [5.41, 5.74) is 0.948. The molecule has 0 fully saturated rings. The molecule has 0 aliphatic rings. The molecule has 0 rings (SSSR count). The fourth-order valence-corrected chi connectivity index (χ4v) is 0.526. The topological polar surface area (TPSA) is 0 Å². The van der Waals surface area contributed by atoms with Crippen molar-refractivity contribution in [3.63, 3.8) is 0 Å². The van der Waals surface area contributed by atoms with Crippen LogP contribution in [0.3, 0.4) is 0 Å². The minimum Gasteiger partial charge on any atom is -0.207 e. The zero-order chi connectivity index (χ0) is 9.78. The first-order valence-corrected chi connectivity index (χ1v) is 4.07. The Labute approximate surface area is 74.5 Å². The lowest BCUT2D eigenvalue weighted by molar-refractivity contribution is 0.518. The molecule has 1 heteroatoms. The summed E-state index contributed by atoms with van der Waals surface area (Å²) in [7, 11) is 0. The van der Waals surface area contributed by atoms with Crippen LogP contribution in [-0.2, 0) is 0 Å². The van der Waals surface area contributed by atoms with Crippen molar-refractivity contribution in [3.05, 3.63) is 36.2 Å². The lowest BCUT2D eigenvalue weighted by Gasteiger charge is -2.18. The maximum Gasteiger partial charge on any atom is 0.118 e. The van der Waals surface area contributed by atoms with E-state index in [1.54, 1.807) is 13.0 Å². The molecular weight excluding hydrogens is 151 g/mol. The highest BCUT2D eigenvalue weighted by Crippen LogP contribution is 2.24. The first-order valence-electron chi connectivity index (χ1n) is 4.07. The van der Waals surface area contributed by atoms with Gasteiger partial charge < -0.3 is 0 Å². The molecule has 0 saturated heterocycles. The van der Waals surface area contributed by atoms with Gasteiger partial charge in [0.2, 0.25) is 0 Å². The Bertz CT molecular complexity index is 214. The maximum atomic E-state index is 12.6. The van der Waals surface area contributed by atoms with Crippen LogP contribution in [0, 0.1) is 5.41 Å². The summed E-state index contributed by atoms with van der Waals surface area (Å²) in [4.78, 5) is 0. The molecule has 0 heterocycles. The smallest absolute Gasteiger partial charge is 0.118 e. The van der Waals surface area contributed by atoms with Gasteiger partial charge in [-0.3, -0.25) is 0 Å². The van der Waals surface area contributed by atoms with Crippen molar-refractivity contribution in [1.29, 1.82) is 0 Å². The molecule has 0 saturated carbocycles. The number of hydrogen-bond acceptors (Lipinski definition) is 0. The molecule has 0 radical (unpaired) electrons. The second-order valence-electron chi connectivity index (χ2n) is 3.78. The summed E-state index contributed by atoms with van der Waals surface area (Å²) in [6, 6.07) is 0. The van der Waals surface area contributed by atoms with Gasteiger partial charge >= 0.3 is 0 Å². The van der Waals surface area contributed by atoms with Crippen LogP contribution in [0.5, 0.6) is 0 Å². The fraction of sp³-hybridized carbons (Fsp3) is 0.455. The average molecular weight is 168 g/mol. The van der Waals surface area contributed by atoms with Gasteiger partial charge in [-0.05, 0) is 24.0 Å². The van der Waals surface area contributed by atoms with Gasteiger partial charge in [-0.15, -0.1) is 0 Å². The molecule has 0 aromatic heterocycles. The molecule has 68 valence electrons. The maximum absolute atomic E-state index is 12.6. The van der Waals surface area contributed by atoms with Crippen molar-refractivity contribution in [2.75, 3.05) is 0 Å². The summed E-state index contributed by atoms with van der Waals surface area (Å²) in [5.74, 6) is -0.222. The highest BCUT2D eigenvalue weighted by atomic mass is 19.1. The molecule has 0 unspecified atom stereocenters. The predicted molar refractivity (Wildman–Crippen MR) is 52.6 cm³/mol. The van der Waals surface area contributed by atoms with Gasteiger partial charge in [-0.1, -0.05) is 39.5 Å². The van der Waals surface area contributed by atoms with Gasteiger partial charge in [-0.25, -0.2) is 4.39 Å². The van der Waals surface area contributed by atoms with Crippen LogP contribution in [0.4, 0.5) is 4.39 Å². The van der Waals surface area contributed by atoms with Crippen LogP contribution in [0.2, 0.25) is 0 Å². The van der Waals surface area contributed by atoms with E-state index in [1.165, 1.54) is 12.2 Å². The zero-order valence-corrected chi connectivity index (χ0v) is 8.32. The third-order valence-corrected chi connectivity index (χ3v) is 1.68. The first-order chi connectivity index (χ1) is 5.38. The number of hydrogen-bond donors (Lipinski definition) is 0. The minimum atomic E-state index is -0.222. The lowest BCUT2D eigenvalue weighted by atomic mass is 9.87. The molecular formula is C11H17F. The second-order valence-corrected chi connectivity index (χ2v) is 3.78. The largest absolute Gasteiger partial charge is 0.207 e. The average Bonchev–Trinajstić information content (AvgIpc) is 1.97. The van der Waals surface area contributed by atoms with Gasteiger partial charge in [0.25, 0.3) is 0 Å². The van der Waals surface area contributed by atoms with Crippen molar-refractivity contribution in [2.24, 2.45) is 5.41 Å². The molecule has 0 aliphatic carbocycles. The lowest BCUT2D eigenvalue weighted by Crippen LogP contribution is -2.05. The van der Waals surface area contributed by atoms with Crippen molar-refractivity contribution < 1.29 is 4.39 Å². The van der Waals surface area contributed by atoms with Gasteiger partial charge in [0.05, 0.1) is 0 Å². The van der Waals surface area contributed by atoms with E-state index in [-0.39, 0.29) is 11.2 Å². The van der Waals surface area contributed by atoms with Crippen LogP contribution < -0.4 is 0 Å². The Kier molecular flexibility index (Phi) is 3.94. The fourth-order valence-electron chi connectivity index (χ4n) is 0.526. The van der Waals surface area contributed by atoms with E-state index < -0.39 is 0 Å². The van der Waals surface area contributed by atoms with E-state index in [0.29, 0.717) is 0 Å². The van der Waals surface area contributed by atoms with Crippen LogP contribution in [-0.4, -0.2) is 0 Å². The molecule has 0 aliphatic heterocycles. The molecule has 0 N–H and O–H groups in total. The van der Waals surface area contributed by atoms with Gasteiger partial charge in [0.1, 0.15) is 5.83 Å². The Balaban J connectivity index is 4.29. The Morgan fingerprint density at radius 2 is 1.75 bits per heavy atom. The molecule has 0 nitrogen and oxygen atoms in total. The monoisotopic (exact) mass is 168 g/mol. The van der Waals surface area contributed by atoms with E-state index in [1.807, 2.05) is 20.8 Å². The molecule has 0 amide bonds. The third kappa shape index (κ3) is 4.12. The summed E-state index contributed by atoms with van der Waals surface area (Å²) >= 11 is 0. The van der Waals surface area contributed by atoms with Gasteiger partial charge in [0.15, 0.2) is 0 Å². The summed E-state index contributed by atoms with van der Waals surface area (Å²) < 4.78 is 12.6. The summed E-state index contributed by atoms with van der Waals surface area (Å²) in [6.45, 7) is 11.7. The van der Waals surface area contributed by atoms with Crippen LogP contribution in [0.25, 0.3) is 0 Å². The SMILES string of the molecule is C=C(/C=C\C(F)=C/C)C(C)(C)C. The standard InChI is InChI=1S/C11H17F/c1-6-10(12)8-7-9(2)11(3,4)5/h6-8H,2H2,1,3-5H3/b8-7-,10-6+. The van der Waals surface area contributed by atoms with Crippen LogP contribution in [0.1, 0.15) is 27.7 Å². The van der Waals surface area contributed by atoms with Crippen molar-refractivity contribution in [2.45, 2.75) is 27.7 Å². The van der Waals surface area contributed by atoms with Crippen LogP contribution in [0.15, 0.2) is 36.2 Å². The molecule has 12 heavy (non-hydrogen) atoms. The molecule has 0 aromatic rings. The van der Waals surface area contributed by atoms with Crippen molar-refractivity contribution >= 4 is 0 Å². The number of allylic oxidation sites excluding steroid dienone is 5. The molecule has 0 spiro atoms. The van der Waals surface area contributed by atoms with E-state index in [2.05, 4.69) is 6.58 Å². The molecule has 0 bridgehead atoms. The van der Waals surface area contributed by atoms with E-state index >= 15 is 0 Å². The minimum absolute atomic E-state index is 0.0184. The Hall–Kier alpha value is -0.850. The highest BCUT2D eigenvalue weighted by molar-refractivity contribution is 5.26. The Morgan fingerprint density at radius 3 is 2.08 bits per heavy atom. The normalized spacial score (nSPS) is 13.9. The quantitative estimate of drug-likeness (QED) is 0.546. The highest BCUT2D eigenvalue weighted by Gasteiger charge is 2.11. The van der Waals surface area contributed by atoms with Crippen LogP contribution >= 0.6 is 0 Å². The first kappa shape index (κ1) is 11.2. The van der Waals surface area contributed by atoms with E-state index in [0.717, 1.165) is 5.57 Å². The molecule has 0 aromatic carbocycles. The number of rotatable bonds is 2. The van der Waals surface area contributed by atoms with E-state index in [9.17, 15) is 4.39 Å².